The molecule has 0 bridgehead atoms. The van der Waals surface area contributed by atoms with Crippen molar-refractivity contribution in [1.29, 1.82) is 0 Å². The Morgan fingerprint density at radius 2 is 1.88 bits per heavy atom. The molecule has 0 fully saturated rings. The van der Waals surface area contributed by atoms with Gasteiger partial charge in [-0.25, -0.2) is 13.1 Å². The molecule has 0 rings (SSSR count). The molecule has 0 heterocycles. The van der Waals surface area contributed by atoms with Gasteiger partial charge in [0, 0.05) is 13.1 Å². The molecule has 0 radical (unpaired) electrons. The molecular weight excluding hydrogens is 238 g/mol. The fraction of sp³-hybridized carbons (Fsp3) is 1.00. The summed E-state index contributed by atoms with van der Waals surface area (Å²) in [6, 6.07) is 0. The van der Waals surface area contributed by atoms with Crippen molar-refractivity contribution in [2.24, 2.45) is 0 Å². The molecular formula is C11H27N3O2S. The molecule has 6 heteroatoms. The summed E-state index contributed by atoms with van der Waals surface area (Å²) in [4.78, 5) is 2.04. The monoisotopic (exact) mass is 265 g/mol. The second-order valence-corrected chi connectivity index (χ2v) is 6.79. The van der Waals surface area contributed by atoms with Crippen LogP contribution in [0.15, 0.2) is 0 Å². The minimum atomic E-state index is -3.17. The predicted molar refractivity (Wildman–Crippen MR) is 72.7 cm³/mol. The van der Waals surface area contributed by atoms with E-state index in [1.165, 1.54) is 0 Å². The van der Waals surface area contributed by atoms with Crippen LogP contribution < -0.4 is 10.0 Å². The highest BCUT2D eigenvalue weighted by Gasteiger charge is 2.19. The Kier molecular flexibility index (Phi) is 8.77. The van der Waals surface area contributed by atoms with Gasteiger partial charge in [-0.3, -0.25) is 0 Å². The quantitative estimate of drug-likeness (QED) is 0.556. The van der Waals surface area contributed by atoms with Crippen molar-refractivity contribution < 1.29 is 8.42 Å². The summed E-state index contributed by atoms with van der Waals surface area (Å²) in [6.45, 7) is 6.57. The topological polar surface area (TPSA) is 61.4 Å². The van der Waals surface area contributed by atoms with Gasteiger partial charge >= 0.3 is 0 Å². The summed E-state index contributed by atoms with van der Waals surface area (Å²) in [5, 5.41) is 2.74. The first-order valence-electron chi connectivity index (χ1n) is 6.24. The molecule has 0 aliphatic rings. The van der Waals surface area contributed by atoms with E-state index in [4.69, 9.17) is 0 Å². The van der Waals surface area contributed by atoms with Gasteiger partial charge in [0.05, 0.1) is 5.25 Å². The van der Waals surface area contributed by atoms with Crippen LogP contribution in [-0.2, 0) is 10.0 Å². The van der Waals surface area contributed by atoms with E-state index >= 15 is 0 Å². The Hall–Kier alpha value is -0.170. The van der Waals surface area contributed by atoms with E-state index in [2.05, 4.69) is 17.0 Å². The average Bonchev–Trinajstić information content (AvgIpc) is 2.24. The maximum absolute atomic E-state index is 11.8. The average molecular weight is 265 g/mol. The van der Waals surface area contributed by atoms with Crippen molar-refractivity contribution in [2.45, 2.75) is 31.9 Å². The largest absolute Gasteiger partial charge is 0.315 e. The summed E-state index contributed by atoms with van der Waals surface area (Å²) in [7, 11) is 0.786. The van der Waals surface area contributed by atoms with Crippen LogP contribution in [0.5, 0.6) is 0 Å². The first-order chi connectivity index (χ1) is 7.90. The van der Waals surface area contributed by atoms with E-state index in [1.807, 2.05) is 19.0 Å². The van der Waals surface area contributed by atoms with Crippen molar-refractivity contribution in [3.8, 4) is 0 Å². The van der Waals surface area contributed by atoms with Crippen LogP contribution in [0, 0.1) is 0 Å². The lowest BCUT2D eigenvalue weighted by molar-refractivity contribution is 0.399. The number of nitrogens with zero attached hydrogens (tertiary/aromatic N) is 1. The number of rotatable bonds is 10. The summed E-state index contributed by atoms with van der Waals surface area (Å²) in [5.41, 5.74) is 0. The molecule has 0 aliphatic carbocycles. The van der Waals surface area contributed by atoms with Crippen LogP contribution in [0.25, 0.3) is 0 Å². The number of nitrogens with one attached hydrogen (secondary N) is 2. The molecule has 104 valence electrons. The van der Waals surface area contributed by atoms with Gasteiger partial charge in [0.2, 0.25) is 10.0 Å². The normalized spacial score (nSPS) is 14.2. The van der Waals surface area contributed by atoms with Crippen LogP contribution in [0.2, 0.25) is 0 Å². The fourth-order valence-electron chi connectivity index (χ4n) is 1.34. The standard InChI is InChI=1S/C11H27N3O2S/c1-5-7-12-10-11(2)17(15,16)13-8-6-9-14(3)4/h11-13H,5-10H2,1-4H3. The molecule has 0 aromatic heterocycles. The maximum Gasteiger partial charge on any atom is 0.215 e. The van der Waals surface area contributed by atoms with Crippen LogP contribution in [0.4, 0.5) is 0 Å². The third-order valence-electron chi connectivity index (χ3n) is 2.47. The number of hydrogen-bond donors (Lipinski definition) is 2. The molecule has 0 aromatic carbocycles. The zero-order valence-electron chi connectivity index (χ0n) is 11.5. The lowest BCUT2D eigenvalue weighted by Crippen LogP contribution is -2.39. The highest BCUT2D eigenvalue weighted by Crippen LogP contribution is 1.97. The highest BCUT2D eigenvalue weighted by atomic mass is 32.2. The lowest BCUT2D eigenvalue weighted by Gasteiger charge is -2.15. The van der Waals surface area contributed by atoms with E-state index < -0.39 is 10.0 Å². The van der Waals surface area contributed by atoms with Crippen LogP contribution in [0.3, 0.4) is 0 Å². The van der Waals surface area contributed by atoms with Gasteiger partial charge in [0.1, 0.15) is 0 Å². The molecule has 17 heavy (non-hydrogen) atoms. The van der Waals surface area contributed by atoms with Crippen molar-refractivity contribution in [1.82, 2.24) is 14.9 Å². The van der Waals surface area contributed by atoms with E-state index in [-0.39, 0.29) is 5.25 Å². The minimum absolute atomic E-state index is 0.381. The molecule has 5 nitrogen and oxygen atoms in total. The van der Waals surface area contributed by atoms with E-state index in [9.17, 15) is 8.42 Å². The van der Waals surface area contributed by atoms with Crippen molar-refractivity contribution in [3.63, 3.8) is 0 Å². The van der Waals surface area contributed by atoms with Gasteiger partial charge in [-0.15, -0.1) is 0 Å². The van der Waals surface area contributed by atoms with E-state index in [0.717, 1.165) is 25.9 Å². The van der Waals surface area contributed by atoms with Crippen LogP contribution >= 0.6 is 0 Å². The lowest BCUT2D eigenvalue weighted by atomic mass is 10.4. The number of sulfonamides is 1. The van der Waals surface area contributed by atoms with E-state index in [0.29, 0.717) is 13.1 Å². The Bertz CT molecular complexity index is 278. The molecule has 2 N–H and O–H groups in total. The van der Waals surface area contributed by atoms with Crippen molar-refractivity contribution in [3.05, 3.63) is 0 Å². The van der Waals surface area contributed by atoms with E-state index in [1.54, 1.807) is 6.92 Å². The van der Waals surface area contributed by atoms with Gasteiger partial charge in [-0.05, 0) is 47.0 Å². The van der Waals surface area contributed by atoms with Crippen LogP contribution in [-0.4, -0.2) is 58.8 Å². The number of hydrogen-bond acceptors (Lipinski definition) is 4. The molecule has 1 unspecified atom stereocenters. The zero-order chi connectivity index (χ0) is 13.3. The third kappa shape index (κ3) is 8.54. The smallest absolute Gasteiger partial charge is 0.215 e. The summed E-state index contributed by atoms with van der Waals surface area (Å²) >= 11 is 0. The molecule has 0 saturated heterocycles. The van der Waals surface area contributed by atoms with Crippen molar-refractivity contribution >= 4 is 10.0 Å². The minimum Gasteiger partial charge on any atom is -0.315 e. The molecule has 0 saturated carbocycles. The Labute approximate surface area is 106 Å². The first kappa shape index (κ1) is 16.8. The molecule has 0 aromatic rings. The predicted octanol–water partition coefficient (Wildman–Crippen LogP) is 0.246. The highest BCUT2D eigenvalue weighted by molar-refractivity contribution is 7.90. The molecule has 1 atom stereocenters. The van der Waals surface area contributed by atoms with Gasteiger partial charge in [0.25, 0.3) is 0 Å². The summed E-state index contributed by atoms with van der Waals surface area (Å²) in [5.74, 6) is 0. The zero-order valence-corrected chi connectivity index (χ0v) is 12.3. The Morgan fingerprint density at radius 1 is 1.24 bits per heavy atom. The van der Waals surface area contributed by atoms with Crippen LogP contribution in [0.1, 0.15) is 26.7 Å². The second-order valence-electron chi connectivity index (χ2n) is 4.61. The maximum atomic E-state index is 11.8. The molecule has 0 amide bonds. The fourth-order valence-corrected chi connectivity index (χ4v) is 2.39. The first-order valence-corrected chi connectivity index (χ1v) is 7.78. The Morgan fingerprint density at radius 3 is 2.41 bits per heavy atom. The van der Waals surface area contributed by atoms with Gasteiger partial charge in [-0.1, -0.05) is 6.92 Å². The third-order valence-corrected chi connectivity index (χ3v) is 4.31. The molecule has 0 aliphatic heterocycles. The summed E-state index contributed by atoms with van der Waals surface area (Å²) < 4.78 is 26.3. The molecule has 0 spiro atoms. The second kappa shape index (κ2) is 8.85. The van der Waals surface area contributed by atoms with Crippen molar-refractivity contribution in [2.75, 3.05) is 40.3 Å². The SMILES string of the molecule is CCCNCC(C)S(=O)(=O)NCCCN(C)C. The Balaban J connectivity index is 3.85. The van der Waals surface area contributed by atoms with Gasteiger partial charge < -0.3 is 10.2 Å². The van der Waals surface area contributed by atoms with Gasteiger partial charge in [-0.2, -0.15) is 0 Å². The van der Waals surface area contributed by atoms with Gasteiger partial charge in [0.15, 0.2) is 0 Å². The summed E-state index contributed by atoms with van der Waals surface area (Å²) in [6.07, 6.45) is 1.85.